The third-order valence-electron chi connectivity index (χ3n) is 4.52. The Morgan fingerprint density at radius 3 is 2.39 bits per heavy atom. The zero-order valence-electron chi connectivity index (χ0n) is 14.9. The second-order valence-electron chi connectivity index (χ2n) is 7.76. The van der Waals surface area contributed by atoms with E-state index in [9.17, 15) is 9.59 Å². The molecule has 2 fully saturated rings. The number of nitrogens with zero attached hydrogens (tertiary/aromatic N) is 2. The summed E-state index contributed by atoms with van der Waals surface area (Å²) in [6.45, 7) is 11.3. The van der Waals surface area contributed by atoms with Crippen molar-refractivity contribution in [1.82, 2.24) is 15.1 Å². The number of rotatable bonds is 2. The molecule has 2 aliphatic heterocycles. The smallest absolute Gasteiger partial charge is 0.410 e. The van der Waals surface area contributed by atoms with Gasteiger partial charge in [-0.25, -0.2) is 4.79 Å². The molecule has 0 spiro atoms. The van der Waals surface area contributed by atoms with Crippen LogP contribution in [0.5, 0.6) is 0 Å². The van der Waals surface area contributed by atoms with Crippen LogP contribution >= 0.6 is 0 Å². The second-order valence-corrected chi connectivity index (χ2v) is 7.76. The Balaban J connectivity index is 1.83. The van der Waals surface area contributed by atoms with Gasteiger partial charge in [0.25, 0.3) is 0 Å². The Bertz CT molecular complexity index is 427. The lowest BCUT2D eigenvalue weighted by molar-refractivity contribution is -0.136. The molecule has 2 heterocycles. The van der Waals surface area contributed by atoms with Crippen LogP contribution in [-0.2, 0) is 9.53 Å². The molecule has 0 unspecified atom stereocenters. The summed E-state index contributed by atoms with van der Waals surface area (Å²) in [7, 11) is 0. The van der Waals surface area contributed by atoms with Gasteiger partial charge < -0.3 is 19.9 Å². The molecule has 0 aromatic rings. The number of carbonyl (C=O) groups is 2. The topological polar surface area (TPSA) is 61.9 Å². The van der Waals surface area contributed by atoms with Crippen LogP contribution in [0.2, 0.25) is 0 Å². The zero-order valence-corrected chi connectivity index (χ0v) is 14.9. The monoisotopic (exact) mass is 325 g/mol. The highest BCUT2D eigenvalue weighted by Gasteiger charge is 2.32. The number of carbonyl (C=O) groups excluding carboxylic acids is 2. The lowest BCUT2D eigenvalue weighted by Gasteiger charge is -2.40. The molecule has 0 saturated carbocycles. The average Bonchev–Trinajstić information content (AvgIpc) is 2.46. The van der Waals surface area contributed by atoms with Gasteiger partial charge in [0.05, 0.1) is 0 Å². The average molecular weight is 325 g/mol. The van der Waals surface area contributed by atoms with Crippen LogP contribution in [0.1, 0.15) is 47.0 Å². The minimum atomic E-state index is -0.484. The summed E-state index contributed by atoms with van der Waals surface area (Å²) in [5.74, 6) is 0.730. The molecule has 0 aromatic carbocycles. The van der Waals surface area contributed by atoms with Crippen molar-refractivity contribution in [3.8, 4) is 0 Å². The van der Waals surface area contributed by atoms with E-state index in [1.807, 2.05) is 32.6 Å². The number of ether oxygens (including phenoxy) is 1. The van der Waals surface area contributed by atoms with Gasteiger partial charge in [0.15, 0.2) is 0 Å². The summed E-state index contributed by atoms with van der Waals surface area (Å²) in [6, 6.07) is 0.0467. The van der Waals surface area contributed by atoms with E-state index in [1.54, 1.807) is 4.90 Å². The molecular weight excluding hydrogens is 294 g/mol. The number of amides is 2. The number of piperidine rings is 1. The molecule has 23 heavy (non-hydrogen) atoms. The van der Waals surface area contributed by atoms with Gasteiger partial charge in [0.2, 0.25) is 5.91 Å². The van der Waals surface area contributed by atoms with Gasteiger partial charge in [-0.2, -0.15) is 0 Å². The molecule has 0 aromatic heterocycles. The normalized spacial score (nSPS) is 23.7. The maximum absolute atomic E-state index is 12.6. The molecule has 2 aliphatic rings. The summed E-state index contributed by atoms with van der Waals surface area (Å²) in [5, 5.41) is 3.33. The maximum atomic E-state index is 12.6. The minimum absolute atomic E-state index is 0.0467. The maximum Gasteiger partial charge on any atom is 0.410 e. The van der Waals surface area contributed by atoms with Crippen LogP contribution in [0, 0.1) is 5.92 Å². The zero-order chi connectivity index (χ0) is 17.0. The predicted octanol–water partition coefficient (Wildman–Crippen LogP) is 1.84. The highest BCUT2D eigenvalue weighted by molar-refractivity contribution is 5.77. The lowest BCUT2D eigenvalue weighted by Crippen LogP contribution is -2.56. The summed E-state index contributed by atoms with van der Waals surface area (Å²) in [5.41, 5.74) is -0.484. The summed E-state index contributed by atoms with van der Waals surface area (Å²) >= 11 is 0. The first-order valence-electron chi connectivity index (χ1n) is 8.74. The van der Waals surface area contributed by atoms with Crippen LogP contribution in [0.4, 0.5) is 4.79 Å². The first kappa shape index (κ1) is 18.0. The summed E-state index contributed by atoms with van der Waals surface area (Å²) < 4.78 is 5.42. The summed E-state index contributed by atoms with van der Waals surface area (Å²) in [6.07, 6.45) is 2.52. The van der Waals surface area contributed by atoms with Crippen molar-refractivity contribution in [2.24, 2.45) is 5.92 Å². The van der Waals surface area contributed by atoms with Crippen LogP contribution in [0.3, 0.4) is 0 Å². The first-order chi connectivity index (χ1) is 10.8. The SMILES string of the molecule is C[C@@H]1CN(C(=O)OC(C)(C)C)CCN1C(=O)CC1CCNCC1. The fourth-order valence-electron chi connectivity index (χ4n) is 3.27. The van der Waals surface area contributed by atoms with Crippen molar-refractivity contribution in [3.05, 3.63) is 0 Å². The Labute approximate surface area is 139 Å². The van der Waals surface area contributed by atoms with Gasteiger partial charge in [0, 0.05) is 32.1 Å². The van der Waals surface area contributed by atoms with Crippen LogP contribution < -0.4 is 5.32 Å². The van der Waals surface area contributed by atoms with Crippen molar-refractivity contribution >= 4 is 12.0 Å². The Morgan fingerprint density at radius 1 is 1.17 bits per heavy atom. The fraction of sp³-hybridized carbons (Fsp3) is 0.882. The van der Waals surface area contributed by atoms with E-state index in [0.717, 1.165) is 25.9 Å². The largest absolute Gasteiger partial charge is 0.444 e. The minimum Gasteiger partial charge on any atom is -0.444 e. The van der Waals surface area contributed by atoms with Crippen LogP contribution in [-0.4, -0.2) is 66.2 Å². The number of piperazine rings is 1. The summed E-state index contributed by atoms with van der Waals surface area (Å²) in [4.78, 5) is 28.3. The van der Waals surface area contributed by atoms with E-state index in [2.05, 4.69) is 5.32 Å². The fourth-order valence-corrected chi connectivity index (χ4v) is 3.27. The number of hydrogen-bond acceptors (Lipinski definition) is 4. The number of hydrogen-bond donors (Lipinski definition) is 1. The van der Waals surface area contributed by atoms with Crippen LogP contribution in [0.25, 0.3) is 0 Å². The highest BCUT2D eigenvalue weighted by atomic mass is 16.6. The van der Waals surface area contributed by atoms with Crippen molar-refractivity contribution in [2.45, 2.75) is 58.6 Å². The van der Waals surface area contributed by atoms with E-state index in [-0.39, 0.29) is 18.0 Å². The lowest BCUT2D eigenvalue weighted by atomic mass is 9.93. The second kappa shape index (κ2) is 7.51. The molecule has 2 amide bonds. The molecule has 2 saturated heterocycles. The quantitative estimate of drug-likeness (QED) is 0.841. The third-order valence-corrected chi connectivity index (χ3v) is 4.52. The van der Waals surface area contributed by atoms with E-state index >= 15 is 0 Å². The first-order valence-corrected chi connectivity index (χ1v) is 8.74. The van der Waals surface area contributed by atoms with Gasteiger partial charge in [-0.3, -0.25) is 4.79 Å². The Kier molecular flexibility index (Phi) is 5.89. The number of nitrogens with one attached hydrogen (secondary N) is 1. The van der Waals surface area contributed by atoms with E-state index < -0.39 is 5.60 Å². The molecule has 2 rings (SSSR count). The molecule has 1 N–H and O–H groups in total. The molecule has 1 atom stereocenters. The molecule has 0 aliphatic carbocycles. The molecule has 6 heteroatoms. The predicted molar refractivity (Wildman–Crippen MR) is 89.2 cm³/mol. The van der Waals surface area contributed by atoms with Gasteiger partial charge >= 0.3 is 6.09 Å². The highest BCUT2D eigenvalue weighted by Crippen LogP contribution is 2.20. The van der Waals surface area contributed by atoms with E-state index in [0.29, 0.717) is 32.0 Å². The van der Waals surface area contributed by atoms with Crippen LogP contribution in [0.15, 0.2) is 0 Å². The molecule has 0 bridgehead atoms. The van der Waals surface area contributed by atoms with Gasteiger partial charge in [-0.05, 0) is 59.5 Å². The van der Waals surface area contributed by atoms with Gasteiger partial charge in [-0.15, -0.1) is 0 Å². The molecule has 6 nitrogen and oxygen atoms in total. The Morgan fingerprint density at radius 2 is 1.83 bits per heavy atom. The van der Waals surface area contributed by atoms with Crippen molar-refractivity contribution in [1.29, 1.82) is 0 Å². The molecular formula is C17H31N3O3. The van der Waals surface area contributed by atoms with Crippen molar-refractivity contribution in [2.75, 3.05) is 32.7 Å². The third kappa shape index (κ3) is 5.37. The van der Waals surface area contributed by atoms with Crippen molar-refractivity contribution in [3.63, 3.8) is 0 Å². The molecule has 0 radical (unpaired) electrons. The van der Waals surface area contributed by atoms with E-state index in [1.165, 1.54) is 0 Å². The Hall–Kier alpha value is -1.30. The van der Waals surface area contributed by atoms with Gasteiger partial charge in [0.1, 0.15) is 5.60 Å². The van der Waals surface area contributed by atoms with E-state index in [4.69, 9.17) is 4.74 Å². The van der Waals surface area contributed by atoms with Crippen molar-refractivity contribution < 1.29 is 14.3 Å². The molecule has 132 valence electrons. The van der Waals surface area contributed by atoms with Gasteiger partial charge in [-0.1, -0.05) is 0 Å². The standard InChI is InChI=1S/C17H31N3O3/c1-13-12-19(16(22)23-17(2,3)4)9-10-20(13)15(21)11-14-5-7-18-8-6-14/h13-14,18H,5-12H2,1-4H3/t13-/m1/s1.